The fraction of sp³-hybridized carbons (Fsp3) is 0.200. The van der Waals surface area contributed by atoms with Gasteiger partial charge in [-0.25, -0.2) is 0 Å². The van der Waals surface area contributed by atoms with Gasteiger partial charge in [0.2, 0.25) is 0 Å². The molecule has 38 valence electrons. The van der Waals surface area contributed by atoms with E-state index >= 15 is 0 Å². The SMILES string of the molecule is NN/C=C1\C=CC1. The van der Waals surface area contributed by atoms with Crippen molar-refractivity contribution in [1.82, 2.24) is 5.43 Å². The van der Waals surface area contributed by atoms with Gasteiger partial charge in [-0.15, -0.1) is 0 Å². The molecule has 7 heavy (non-hydrogen) atoms. The second-order valence-electron chi connectivity index (χ2n) is 1.49. The number of allylic oxidation sites excluding steroid dienone is 3. The largest absolute Gasteiger partial charge is 0.331 e. The number of hydrogen-bond acceptors (Lipinski definition) is 2. The Balaban J connectivity index is 2.40. The van der Waals surface area contributed by atoms with Crippen LogP contribution in [-0.2, 0) is 0 Å². The minimum Gasteiger partial charge on any atom is -0.331 e. The highest BCUT2D eigenvalue weighted by Crippen LogP contribution is 2.12. The Morgan fingerprint density at radius 2 is 2.57 bits per heavy atom. The maximum atomic E-state index is 4.98. The zero-order valence-corrected chi connectivity index (χ0v) is 4.02. The molecule has 1 aliphatic rings. The number of nitrogens with one attached hydrogen (secondary N) is 1. The van der Waals surface area contributed by atoms with Crippen LogP contribution in [0.2, 0.25) is 0 Å². The van der Waals surface area contributed by atoms with Gasteiger partial charge in [0.25, 0.3) is 0 Å². The lowest BCUT2D eigenvalue weighted by Gasteiger charge is -2.04. The van der Waals surface area contributed by atoms with E-state index < -0.39 is 0 Å². The van der Waals surface area contributed by atoms with Crippen LogP contribution >= 0.6 is 0 Å². The average molecular weight is 96.1 g/mol. The molecule has 0 amide bonds. The van der Waals surface area contributed by atoms with E-state index in [4.69, 9.17) is 5.84 Å². The molecule has 0 aliphatic heterocycles. The fourth-order valence-electron chi connectivity index (χ4n) is 0.468. The van der Waals surface area contributed by atoms with Crippen molar-refractivity contribution >= 4 is 0 Å². The first kappa shape index (κ1) is 4.40. The van der Waals surface area contributed by atoms with Crippen molar-refractivity contribution in [3.05, 3.63) is 23.9 Å². The molecule has 0 saturated carbocycles. The molecular weight excluding hydrogens is 88.1 g/mol. The van der Waals surface area contributed by atoms with Crippen molar-refractivity contribution in [3.63, 3.8) is 0 Å². The van der Waals surface area contributed by atoms with Crippen molar-refractivity contribution in [2.45, 2.75) is 6.42 Å². The standard InChI is InChI=1S/C5H8N2/c6-7-4-5-2-1-3-5/h1-2,4,7H,3,6H2/b5-4+. The molecule has 0 aromatic heterocycles. The Hall–Kier alpha value is -0.760. The number of rotatable bonds is 1. The van der Waals surface area contributed by atoms with E-state index in [0.29, 0.717) is 0 Å². The van der Waals surface area contributed by atoms with Gasteiger partial charge in [-0.2, -0.15) is 0 Å². The van der Waals surface area contributed by atoms with Crippen LogP contribution in [0.4, 0.5) is 0 Å². The second kappa shape index (κ2) is 1.80. The third kappa shape index (κ3) is 0.810. The summed E-state index contributed by atoms with van der Waals surface area (Å²) >= 11 is 0. The van der Waals surface area contributed by atoms with Gasteiger partial charge in [0, 0.05) is 6.20 Å². The monoisotopic (exact) mass is 96.1 g/mol. The minimum absolute atomic E-state index is 1.06. The highest BCUT2D eigenvalue weighted by atomic mass is 15.2. The van der Waals surface area contributed by atoms with Gasteiger partial charge in [-0.1, -0.05) is 12.2 Å². The van der Waals surface area contributed by atoms with E-state index in [9.17, 15) is 0 Å². The van der Waals surface area contributed by atoms with Gasteiger partial charge < -0.3 is 5.43 Å². The summed E-state index contributed by atoms with van der Waals surface area (Å²) in [6, 6.07) is 0. The molecular formula is C5H8N2. The Morgan fingerprint density at radius 3 is 2.71 bits per heavy atom. The van der Waals surface area contributed by atoms with Crippen LogP contribution in [0.5, 0.6) is 0 Å². The summed E-state index contributed by atoms with van der Waals surface area (Å²) in [5.74, 6) is 4.98. The molecule has 0 atom stereocenters. The molecule has 0 fully saturated rings. The van der Waals surface area contributed by atoms with Crippen molar-refractivity contribution in [2.75, 3.05) is 0 Å². The van der Waals surface area contributed by atoms with Crippen LogP contribution in [0.1, 0.15) is 6.42 Å². The van der Waals surface area contributed by atoms with Gasteiger partial charge >= 0.3 is 0 Å². The molecule has 0 aromatic carbocycles. The first-order valence-electron chi connectivity index (χ1n) is 2.25. The third-order valence-corrected chi connectivity index (χ3v) is 0.954. The molecule has 0 spiro atoms. The van der Waals surface area contributed by atoms with Crippen LogP contribution < -0.4 is 11.3 Å². The lowest BCUT2D eigenvalue weighted by molar-refractivity contribution is 0.941. The lowest BCUT2D eigenvalue weighted by Crippen LogP contribution is -2.14. The predicted octanol–water partition coefficient (Wildman–Crippen LogP) is 0.294. The van der Waals surface area contributed by atoms with Crippen molar-refractivity contribution in [3.8, 4) is 0 Å². The van der Waals surface area contributed by atoms with E-state index in [0.717, 1.165) is 6.42 Å². The number of hydrazine groups is 1. The Labute approximate surface area is 42.7 Å². The quantitative estimate of drug-likeness (QED) is 0.364. The van der Waals surface area contributed by atoms with Gasteiger partial charge in [0.15, 0.2) is 0 Å². The fourth-order valence-corrected chi connectivity index (χ4v) is 0.468. The maximum Gasteiger partial charge on any atom is 0.0158 e. The van der Waals surface area contributed by atoms with E-state index in [2.05, 4.69) is 11.5 Å². The molecule has 0 heterocycles. The summed E-state index contributed by atoms with van der Waals surface area (Å²) in [5, 5.41) is 0. The van der Waals surface area contributed by atoms with Crippen LogP contribution in [0, 0.1) is 0 Å². The Kier molecular flexibility index (Phi) is 1.13. The molecule has 2 heteroatoms. The van der Waals surface area contributed by atoms with Gasteiger partial charge in [0.05, 0.1) is 0 Å². The summed E-state index contributed by atoms with van der Waals surface area (Å²) in [7, 11) is 0. The first-order chi connectivity index (χ1) is 3.43. The van der Waals surface area contributed by atoms with Crippen LogP contribution in [0.3, 0.4) is 0 Å². The Morgan fingerprint density at radius 1 is 1.86 bits per heavy atom. The normalized spacial score (nSPS) is 22.1. The van der Waals surface area contributed by atoms with Gasteiger partial charge in [-0.3, -0.25) is 5.84 Å². The highest BCUT2D eigenvalue weighted by molar-refractivity contribution is 5.29. The summed E-state index contributed by atoms with van der Waals surface area (Å²) in [6.07, 6.45) is 6.97. The lowest BCUT2D eigenvalue weighted by atomic mass is 10.1. The smallest absolute Gasteiger partial charge is 0.0158 e. The second-order valence-corrected chi connectivity index (χ2v) is 1.49. The van der Waals surface area contributed by atoms with Crippen molar-refractivity contribution in [2.24, 2.45) is 5.84 Å². The summed E-state index contributed by atoms with van der Waals surface area (Å²) in [5.41, 5.74) is 3.72. The molecule has 0 unspecified atom stereocenters. The molecule has 0 saturated heterocycles. The topological polar surface area (TPSA) is 38.0 Å². The Bertz CT molecular complexity index is 113. The van der Waals surface area contributed by atoms with Crippen LogP contribution in [0.25, 0.3) is 0 Å². The molecule has 0 bridgehead atoms. The number of hydrogen-bond donors (Lipinski definition) is 2. The molecule has 3 N–H and O–H groups in total. The molecule has 2 nitrogen and oxygen atoms in total. The molecule has 1 aliphatic carbocycles. The molecule has 1 rings (SSSR count). The molecule has 0 radical (unpaired) electrons. The highest BCUT2D eigenvalue weighted by Gasteiger charge is 1.94. The van der Waals surface area contributed by atoms with E-state index in [1.165, 1.54) is 5.57 Å². The van der Waals surface area contributed by atoms with E-state index in [1.54, 1.807) is 6.20 Å². The van der Waals surface area contributed by atoms with Crippen molar-refractivity contribution in [1.29, 1.82) is 0 Å². The summed E-state index contributed by atoms with van der Waals surface area (Å²) < 4.78 is 0. The van der Waals surface area contributed by atoms with E-state index in [-0.39, 0.29) is 0 Å². The average Bonchev–Trinajstić information content (AvgIpc) is 1.55. The van der Waals surface area contributed by atoms with Gasteiger partial charge in [0.1, 0.15) is 0 Å². The third-order valence-electron chi connectivity index (χ3n) is 0.954. The van der Waals surface area contributed by atoms with E-state index in [1.807, 2.05) is 6.08 Å². The van der Waals surface area contributed by atoms with Gasteiger partial charge in [-0.05, 0) is 12.0 Å². The minimum atomic E-state index is 1.06. The summed E-state index contributed by atoms with van der Waals surface area (Å²) in [6.45, 7) is 0. The first-order valence-corrected chi connectivity index (χ1v) is 2.25. The number of nitrogens with two attached hydrogens (primary N) is 1. The maximum absolute atomic E-state index is 4.98. The zero-order valence-electron chi connectivity index (χ0n) is 4.02. The molecule has 0 aromatic rings. The predicted molar refractivity (Wildman–Crippen MR) is 29.2 cm³/mol. The van der Waals surface area contributed by atoms with Crippen molar-refractivity contribution < 1.29 is 0 Å². The summed E-state index contributed by atoms with van der Waals surface area (Å²) in [4.78, 5) is 0. The van der Waals surface area contributed by atoms with Crippen LogP contribution in [-0.4, -0.2) is 0 Å². The van der Waals surface area contributed by atoms with Crippen LogP contribution in [0.15, 0.2) is 23.9 Å². The zero-order chi connectivity index (χ0) is 5.11.